The van der Waals surface area contributed by atoms with Crippen LogP contribution in [0.15, 0.2) is 16.6 Å². The molecule has 0 heterocycles. The summed E-state index contributed by atoms with van der Waals surface area (Å²) in [4.78, 5) is 12.5. The molecule has 0 bridgehead atoms. The van der Waals surface area contributed by atoms with E-state index in [9.17, 15) is 4.79 Å². The number of nitrogens with one attached hydrogen (secondary N) is 1. The fraction of sp³-hybridized carbons (Fsp3) is 0.562. The second kappa shape index (κ2) is 7.83. The Bertz CT molecular complexity index is 511. The monoisotopic (exact) mass is 370 g/mol. The van der Waals surface area contributed by atoms with Crippen LogP contribution in [0.25, 0.3) is 0 Å². The zero-order valence-electron chi connectivity index (χ0n) is 13.0. The van der Waals surface area contributed by atoms with Crippen LogP contribution >= 0.6 is 15.9 Å². The third kappa shape index (κ3) is 3.73. The van der Waals surface area contributed by atoms with Gasteiger partial charge in [0.15, 0.2) is 0 Å². The minimum absolute atomic E-state index is 0.116. The maximum Gasteiger partial charge on any atom is 0.251 e. The van der Waals surface area contributed by atoms with E-state index in [0.29, 0.717) is 34.0 Å². The van der Waals surface area contributed by atoms with E-state index < -0.39 is 0 Å². The Morgan fingerprint density at radius 2 is 1.86 bits per heavy atom. The molecule has 1 aliphatic carbocycles. The molecular weight excluding hydrogens is 348 g/mol. The number of nitrogens with two attached hydrogens (primary N) is 1. The molecule has 22 heavy (non-hydrogen) atoms. The first kappa shape index (κ1) is 17.1. The van der Waals surface area contributed by atoms with Gasteiger partial charge in [-0.25, -0.2) is 0 Å². The summed E-state index contributed by atoms with van der Waals surface area (Å²) in [6, 6.07) is 3.57. The van der Waals surface area contributed by atoms with Gasteiger partial charge in [0.05, 0.1) is 14.2 Å². The molecule has 0 saturated heterocycles. The molecule has 6 heteroatoms. The Morgan fingerprint density at radius 1 is 1.27 bits per heavy atom. The standard InChI is InChI=1S/C16H23BrN2O3/c1-21-13-7-11(8-14(22-2)15(13)17)16(20)19-12-6-4-3-5-10(12)9-18/h7-8,10,12H,3-6,9,18H2,1-2H3,(H,19,20). The minimum Gasteiger partial charge on any atom is -0.495 e. The molecule has 1 aliphatic rings. The van der Waals surface area contributed by atoms with E-state index in [1.807, 2.05) is 0 Å². The first-order chi connectivity index (χ1) is 10.6. The van der Waals surface area contributed by atoms with Gasteiger partial charge in [0.25, 0.3) is 5.91 Å². The number of amides is 1. The smallest absolute Gasteiger partial charge is 0.251 e. The van der Waals surface area contributed by atoms with Crippen molar-refractivity contribution in [3.8, 4) is 11.5 Å². The second-order valence-corrected chi connectivity index (χ2v) is 6.35. The van der Waals surface area contributed by atoms with Crippen molar-refractivity contribution in [2.75, 3.05) is 20.8 Å². The van der Waals surface area contributed by atoms with E-state index in [-0.39, 0.29) is 11.9 Å². The Labute approximate surface area is 139 Å². The average molecular weight is 371 g/mol. The van der Waals surface area contributed by atoms with Crippen molar-refractivity contribution in [1.29, 1.82) is 0 Å². The highest BCUT2D eigenvalue weighted by Crippen LogP contribution is 2.35. The molecule has 0 radical (unpaired) electrons. The first-order valence-electron chi connectivity index (χ1n) is 7.53. The molecule has 1 aromatic rings. The predicted octanol–water partition coefficient (Wildman–Crippen LogP) is 2.71. The molecule has 3 N–H and O–H groups in total. The van der Waals surface area contributed by atoms with Crippen LogP contribution in [0.3, 0.4) is 0 Å². The van der Waals surface area contributed by atoms with Gasteiger partial charge in [0.2, 0.25) is 0 Å². The lowest BCUT2D eigenvalue weighted by molar-refractivity contribution is 0.0907. The van der Waals surface area contributed by atoms with Crippen molar-refractivity contribution in [2.45, 2.75) is 31.7 Å². The fourth-order valence-electron chi connectivity index (χ4n) is 2.93. The van der Waals surface area contributed by atoms with Crippen LogP contribution in [0.1, 0.15) is 36.0 Å². The molecular formula is C16H23BrN2O3. The maximum absolute atomic E-state index is 12.5. The molecule has 2 rings (SSSR count). The van der Waals surface area contributed by atoms with Crippen molar-refractivity contribution in [3.05, 3.63) is 22.2 Å². The number of carbonyl (C=O) groups is 1. The van der Waals surface area contributed by atoms with Gasteiger partial charge in [-0.2, -0.15) is 0 Å². The molecule has 5 nitrogen and oxygen atoms in total. The molecule has 1 fully saturated rings. The van der Waals surface area contributed by atoms with Crippen LogP contribution in [-0.2, 0) is 0 Å². The number of halogens is 1. The van der Waals surface area contributed by atoms with Gasteiger partial charge >= 0.3 is 0 Å². The van der Waals surface area contributed by atoms with E-state index in [1.54, 1.807) is 26.4 Å². The van der Waals surface area contributed by atoms with E-state index in [0.717, 1.165) is 19.3 Å². The molecule has 0 aliphatic heterocycles. The van der Waals surface area contributed by atoms with Gasteiger partial charge < -0.3 is 20.5 Å². The quantitative estimate of drug-likeness (QED) is 0.835. The van der Waals surface area contributed by atoms with E-state index >= 15 is 0 Å². The molecule has 1 amide bonds. The van der Waals surface area contributed by atoms with Crippen molar-refractivity contribution < 1.29 is 14.3 Å². The largest absolute Gasteiger partial charge is 0.495 e. The second-order valence-electron chi connectivity index (χ2n) is 5.55. The summed E-state index contributed by atoms with van der Waals surface area (Å²) < 4.78 is 11.3. The van der Waals surface area contributed by atoms with E-state index in [1.165, 1.54) is 6.42 Å². The number of ether oxygens (including phenoxy) is 2. The Balaban J connectivity index is 2.18. The summed E-state index contributed by atoms with van der Waals surface area (Å²) >= 11 is 3.41. The number of hydrogen-bond acceptors (Lipinski definition) is 4. The first-order valence-corrected chi connectivity index (χ1v) is 8.32. The zero-order chi connectivity index (χ0) is 16.1. The van der Waals surface area contributed by atoms with Crippen molar-refractivity contribution >= 4 is 21.8 Å². The van der Waals surface area contributed by atoms with Crippen LogP contribution < -0.4 is 20.5 Å². The molecule has 2 atom stereocenters. The topological polar surface area (TPSA) is 73.6 Å². The molecule has 122 valence electrons. The van der Waals surface area contributed by atoms with Gasteiger partial charge in [0, 0.05) is 11.6 Å². The summed E-state index contributed by atoms with van der Waals surface area (Å²) in [5.74, 6) is 1.39. The van der Waals surface area contributed by atoms with Crippen molar-refractivity contribution in [2.24, 2.45) is 11.7 Å². The van der Waals surface area contributed by atoms with Crippen LogP contribution in [0.4, 0.5) is 0 Å². The highest BCUT2D eigenvalue weighted by molar-refractivity contribution is 9.10. The zero-order valence-corrected chi connectivity index (χ0v) is 14.6. The number of hydrogen-bond donors (Lipinski definition) is 2. The van der Waals surface area contributed by atoms with Crippen LogP contribution in [0.2, 0.25) is 0 Å². The third-order valence-electron chi connectivity index (χ3n) is 4.24. The van der Waals surface area contributed by atoms with Crippen LogP contribution in [-0.4, -0.2) is 32.7 Å². The highest BCUT2D eigenvalue weighted by Gasteiger charge is 2.26. The van der Waals surface area contributed by atoms with E-state index in [4.69, 9.17) is 15.2 Å². The van der Waals surface area contributed by atoms with Gasteiger partial charge in [-0.05, 0) is 53.4 Å². The number of rotatable bonds is 5. The lowest BCUT2D eigenvalue weighted by Gasteiger charge is -2.31. The summed E-state index contributed by atoms with van der Waals surface area (Å²) in [5.41, 5.74) is 6.35. The highest BCUT2D eigenvalue weighted by atomic mass is 79.9. The molecule has 2 unspecified atom stereocenters. The summed E-state index contributed by atoms with van der Waals surface area (Å²) in [6.45, 7) is 0.609. The fourth-order valence-corrected chi connectivity index (χ4v) is 3.48. The lowest BCUT2D eigenvalue weighted by atomic mass is 9.84. The minimum atomic E-state index is -0.116. The van der Waals surface area contributed by atoms with Gasteiger partial charge in [-0.1, -0.05) is 12.8 Å². The maximum atomic E-state index is 12.5. The molecule has 1 aromatic carbocycles. The number of methoxy groups -OCH3 is 2. The van der Waals surface area contributed by atoms with Crippen molar-refractivity contribution in [3.63, 3.8) is 0 Å². The lowest BCUT2D eigenvalue weighted by Crippen LogP contribution is -2.44. The Kier molecular flexibility index (Phi) is 6.08. The SMILES string of the molecule is COc1cc(C(=O)NC2CCCCC2CN)cc(OC)c1Br. The normalized spacial score (nSPS) is 21.3. The van der Waals surface area contributed by atoms with Crippen LogP contribution in [0.5, 0.6) is 11.5 Å². The Hall–Kier alpha value is -1.27. The molecule has 0 aromatic heterocycles. The van der Waals surface area contributed by atoms with Gasteiger partial charge in [-0.3, -0.25) is 4.79 Å². The van der Waals surface area contributed by atoms with Gasteiger partial charge in [0.1, 0.15) is 16.0 Å². The van der Waals surface area contributed by atoms with E-state index in [2.05, 4.69) is 21.2 Å². The Morgan fingerprint density at radius 3 is 2.41 bits per heavy atom. The molecule has 1 saturated carbocycles. The van der Waals surface area contributed by atoms with Gasteiger partial charge in [-0.15, -0.1) is 0 Å². The third-order valence-corrected chi connectivity index (χ3v) is 5.02. The van der Waals surface area contributed by atoms with Crippen LogP contribution in [0, 0.1) is 5.92 Å². The number of benzene rings is 1. The number of carbonyl (C=O) groups excluding carboxylic acids is 1. The summed E-state index contributed by atoms with van der Waals surface area (Å²) in [7, 11) is 3.12. The summed E-state index contributed by atoms with van der Waals surface area (Å²) in [5, 5.41) is 3.11. The molecule has 0 spiro atoms. The van der Waals surface area contributed by atoms with Crippen molar-refractivity contribution in [1.82, 2.24) is 5.32 Å². The predicted molar refractivity (Wildman–Crippen MR) is 89.5 cm³/mol. The average Bonchev–Trinajstić information content (AvgIpc) is 2.55. The summed E-state index contributed by atoms with van der Waals surface area (Å²) in [6.07, 6.45) is 4.38.